The van der Waals surface area contributed by atoms with Crippen LogP contribution in [-0.4, -0.2) is 19.0 Å². The number of hydrogen-bond donors (Lipinski definition) is 1. The molecule has 2 N–H and O–H groups in total. The molecular weight excluding hydrogens is 257 g/mol. The van der Waals surface area contributed by atoms with Crippen molar-refractivity contribution in [3.05, 3.63) is 35.4 Å². The van der Waals surface area contributed by atoms with Gasteiger partial charge in [-0.2, -0.15) is 13.2 Å². The monoisotopic (exact) mass is 272 g/mol. The fourth-order valence-corrected chi connectivity index (χ4v) is 2.01. The van der Waals surface area contributed by atoms with Crippen LogP contribution < -0.4 is 5.73 Å². The molecular formula is C13H15F3N2O. The number of benzene rings is 1. The summed E-state index contributed by atoms with van der Waals surface area (Å²) in [5.74, 6) is 0.493. The van der Waals surface area contributed by atoms with Crippen LogP contribution in [0.4, 0.5) is 13.2 Å². The smallest absolute Gasteiger partial charge is 0.416 e. The lowest BCUT2D eigenvalue weighted by Crippen LogP contribution is -2.14. The number of rotatable bonds is 4. The van der Waals surface area contributed by atoms with Gasteiger partial charge in [0.25, 0.3) is 0 Å². The molecule has 6 heteroatoms. The van der Waals surface area contributed by atoms with E-state index in [0.717, 1.165) is 6.07 Å². The molecule has 0 amide bonds. The van der Waals surface area contributed by atoms with Gasteiger partial charge >= 0.3 is 6.18 Å². The van der Waals surface area contributed by atoms with E-state index in [0.29, 0.717) is 25.3 Å². The first-order valence-electron chi connectivity index (χ1n) is 6.08. The minimum atomic E-state index is -4.38. The lowest BCUT2D eigenvalue weighted by Gasteiger charge is -2.17. The minimum Gasteiger partial charge on any atom is -0.471 e. The summed E-state index contributed by atoms with van der Waals surface area (Å²) in [6, 6.07) is 5.45. The van der Waals surface area contributed by atoms with Gasteiger partial charge < -0.3 is 10.5 Å². The molecule has 19 heavy (non-hydrogen) atoms. The van der Waals surface area contributed by atoms with Crippen LogP contribution in [0.1, 0.15) is 30.1 Å². The number of aliphatic imine (C=N–C) groups is 1. The number of hydrogen-bond acceptors (Lipinski definition) is 3. The first-order chi connectivity index (χ1) is 9.02. The Kier molecular flexibility index (Phi) is 4.09. The normalized spacial score (nSPS) is 19.2. The fraction of sp³-hybridized carbons (Fsp3) is 0.462. The molecule has 1 aliphatic rings. The van der Waals surface area contributed by atoms with Crippen LogP contribution >= 0.6 is 0 Å². The van der Waals surface area contributed by atoms with Crippen molar-refractivity contribution in [2.45, 2.75) is 25.1 Å². The van der Waals surface area contributed by atoms with Gasteiger partial charge in [0.1, 0.15) is 6.10 Å². The van der Waals surface area contributed by atoms with Crippen LogP contribution in [0.2, 0.25) is 0 Å². The molecule has 0 radical (unpaired) electrons. The first-order valence-corrected chi connectivity index (χ1v) is 6.08. The largest absolute Gasteiger partial charge is 0.471 e. The van der Waals surface area contributed by atoms with Gasteiger partial charge in [0, 0.05) is 12.0 Å². The predicted molar refractivity (Wildman–Crippen MR) is 65.9 cm³/mol. The van der Waals surface area contributed by atoms with Crippen molar-refractivity contribution < 1.29 is 17.9 Å². The maximum atomic E-state index is 12.9. The third-order valence-electron chi connectivity index (χ3n) is 2.92. The highest BCUT2D eigenvalue weighted by Crippen LogP contribution is 2.37. The van der Waals surface area contributed by atoms with Crippen molar-refractivity contribution in [3.8, 4) is 0 Å². The van der Waals surface area contributed by atoms with Crippen LogP contribution in [0.3, 0.4) is 0 Å². The zero-order valence-electron chi connectivity index (χ0n) is 10.3. The lowest BCUT2D eigenvalue weighted by molar-refractivity contribution is -0.139. The average molecular weight is 272 g/mol. The van der Waals surface area contributed by atoms with E-state index in [1.165, 1.54) is 12.1 Å². The molecule has 2 rings (SSSR count). The number of halogens is 3. The van der Waals surface area contributed by atoms with E-state index in [4.69, 9.17) is 10.5 Å². The number of ether oxygens (including phenoxy) is 1. The summed E-state index contributed by atoms with van der Waals surface area (Å²) in [5.41, 5.74) is 4.86. The van der Waals surface area contributed by atoms with E-state index in [2.05, 4.69) is 4.99 Å². The molecule has 0 aromatic heterocycles. The topological polar surface area (TPSA) is 47.6 Å². The Bertz CT molecular complexity index is 471. The van der Waals surface area contributed by atoms with E-state index in [1.807, 2.05) is 0 Å². The number of nitrogens with two attached hydrogens (primary N) is 1. The average Bonchev–Trinajstić information content (AvgIpc) is 2.84. The molecule has 0 saturated carbocycles. The molecule has 1 aromatic carbocycles. The van der Waals surface area contributed by atoms with E-state index < -0.39 is 17.8 Å². The SMILES string of the molecule is NCCCC1=NCC(c2ccccc2C(F)(F)F)O1. The van der Waals surface area contributed by atoms with Gasteiger partial charge in [0.2, 0.25) is 0 Å². The lowest BCUT2D eigenvalue weighted by atomic mass is 10.0. The highest BCUT2D eigenvalue weighted by molar-refractivity contribution is 5.77. The maximum Gasteiger partial charge on any atom is 0.416 e. The zero-order chi connectivity index (χ0) is 13.9. The van der Waals surface area contributed by atoms with Crippen LogP contribution in [0.15, 0.2) is 29.3 Å². The summed E-state index contributed by atoms with van der Waals surface area (Å²) in [5, 5.41) is 0. The van der Waals surface area contributed by atoms with Crippen molar-refractivity contribution in [1.29, 1.82) is 0 Å². The van der Waals surface area contributed by atoms with Crippen LogP contribution in [-0.2, 0) is 10.9 Å². The first kappa shape index (κ1) is 13.9. The summed E-state index contributed by atoms with van der Waals surface area (Å²) in [6.07, 6.45) is -3.74. The summed E-state index contributed by atoms with van der Waals surface area (Å²) in [6.45, 7) is 0.735. The van der Waals surface area contributed by atoms with E-state index in [9.17, 15) is 13.2 Å². The molecule has 1 heterocycles. The van der Waals surface area contributed by atoms with Gasteiger partial charge in [-0.25, -0.2) is 0 Å². The highest BCUT2D eigenvalue weighted by atomic mass is 19.4. The van der Waals surface area contributed by atoms with Gasteiger partial charge in [-0.1, -0.05) is 18.2 Å². The Labute approximate surface area is 109 Å². The Morgan fingerprint density at radius 2 is 2.05 bits per heavy atom. The van der Waals surface area contributed by atoms with Crippen molar-refractivity contribution >= 4 is 5.90 Å². The van der Waals surface area contributed by atoms with Gasteiger partial charge in [-0.15, -0.1) is 0 Å². The van der Waals surface area contributed by atoms with E-state index >= 15 is 0 Å². The van der Waals surface area contributed by atoms with Crippen LogP contribution in [0.25, 0.3) is 0 Å². The Morgan fingerprint density at radius 3 is 2.74 bits per heavy atom. The minimum absolute atomic E-state index is 0.140. The summed E-state index contributed by atoms with van der Waals surface area (Å²) in [4.78, 5) is 4.13. The third kappa shape index (κ3) is 3.26. The number of nitrogens with zero attached hydrogens (tertiary/aromatic N) is 1. The summed E-state index contributed by atoms with van der Waals surface area (Å²) in [7, 11) is 0. The fourth-order valence-electron chi connectivity index (χ4n) is 2.01. The second kappa shape index (κ2) is 5.61. The molecule has 104 valence electrons. The predicted octanol–water partition coefficient (Wildman–Crippen LogP) is 2.91. The van der Waals surface area contributed by atoms with Gasteiger partial charge in [-0.3, -0.25) is 4.99 Å². The Balaban J connectivity index is 2.13. The quantitative estimate of drug-likeness (QED) is 0.916. The maximum absolute atomic E-state index is 12.9. The summed E-state index contributed by atoms with van der Waals surface area (Å²) < 4.78 is 44.2. The van der Waals surface area contributed by atoms with Crippen molar-refractivity contribution in [1.82, 2.24) is 0 Å². The summed E-state index contributed by atoms with van der Waals surface area (Å²) >= 11 is 0. The molecule has 3 nitrogen and oxygen atoms in total. The third-order valence-corrected chi connectivity index (χ3v) is 2.92. The molecule has 0 aliphatic carbocycles. The van der Waals surface area contributed by atoms with Crippen molar-refractivity contribution in [3.63, 3.8) is 0 Å². The number of alkyl halides is 3. The second-order valence-electron chi connectivity index (χ2n) is 4.32. The Hall–Kier alpha value is -1.56. The standard InChI is InChI=1S/C13H15F3N2O/c14-13(15,16)10-5-2-1-4-9(10)11-8-18-12(19-11)6-3-7-17/h1-2,4-5,11H,3,6-8,17H2. The molecule has 0 bridgehead atoms. The zero-order valence-corrected chi connectivity index (χ0v) is 10.3. The van der Waals surface area contributed by atoms with E-state index in [-0.39, 0.29) is 12.1 Å². The molecule has 1 aliphatic heterocycles. The van der Waals surface area contributed by atoms with Gasteiger partial charge in [0.05, 0.1) is 12.1 Å². The molecule has 0 saturated heterocycles. The molecule has 1 aromatic rings. The van der Waals surface area contributed by atoms with E-state index in [1.54, 1.807) is 6.07 Å². The molecule has 0 spiro atoms. The van der Waals surface area contributed by atoms with Gasteiger partial charge in [0.15, 0.2) is 5.90 Å². The molecule has 1 unspecified atom stereocenters. The van der Waals surface area contributed by atoms with Crippen molar-refractivity contribution in [2.75, 3.05) is 13.1 Å². The molecule has 1 atom stereocenters. The van der Waals surface area contributed by atoms with Gasteiger partial charge in [-0.05, 0) is 19.0 Å². The second-order valence-corrected chi connectivity index (χ2v) is 4.32. The Morgan fingerprint density at radius 1 is 1.32 bits per heavy atom. The van der Waals surface area contributed by atoms with Crippen LogP contribution in [0.5, 0.6) is 0 Å². The molecule has 0 fully saturated rings. The van der Waals surface area contributed by atoms with Crippen LogP contribution in [0, 0.1) is 0 Å². The highest BCUT2D eigenvalue weighted by Gasteiger charge is 2.36. The van der Waals surface area contributed by atoms with Crippen molar-refractivity contribution in [2.24, 2.45) is 10.7 Å².